The molecule has 0 spiro atoms. The number of hydrogen-bond acceptors (Lipinski definition) is 2. The second kappa shape index (κ2) is 6.87. The van der Waals surface area contributed by atoms with Crippen LogP contribution in [0.25, 0.3) is 0 Å². The number of halogens is 1. The SMILES string of the molecule is CCCCC(NC(=O)c1ccc(C)cc1F)C(=O)O. The number of hydrogen-bond donors (Lipinski definition) is 2. The number of nitrogens with one attached hydrogen (secondary N) is 1. The van der Waals surface area contributed by atoms with Crippen molar-refractivity contribution in [3.05, 3.63) is 35.1 Å². The van der Waals surface area contributed by atoms with Gasteiger partial charge in [-0.3, -0.25) is 4.79 Å². The summed E-state index contributed by atoms with van der Waals surface area (Å²) in [5.41, 5.74) is 0.572. The Morgan fingerprint density at radius 2 is 2.11 bits per heavy atom. The zero-order valence-corrected chi connectivity index (χ0v) is 11.1. The second-order valence-electron chi connectivity index (χ2n) is 4.49. The highest BCUT2D eigenvalue weighted by Gasteiger charge is 2.21. The smallest absolute Gasteiger partial charge is 0.326 e. The molecule has 0 fully saturated rings. The van der Waals surface area contributed by atoms with Crippen LogP contribution in [0.4, 0.5) is 4.39 Å². The number of rotatable bonds is 6. The molecule has 5 heteroatoms. The first-order valence-electron chi connectivity index (χ1n) is 6.25. The summed E-state index contributed by atoms with van der Waals surface area (Å²) in [6.45, 7) is 3.65. The summed E-state index contributed by atoms with van der Waals surface area (Å²) in [5, 5.41) is 11.3. The highest BCUT2D eigenvalue weighted by molar-refractivity contribution is 5.96. The lowest BCUT2D eigenvalue weighted by Gasteiger charge is -2.14. The van der Waals surface area contributed by atoms with Gasteiger partial charge in [0.1, 0.15) is 11.9 Å². The summed E-state index contributed by atoms with van der Waals surface area (Å²) in [6.07, 6.45) is 1.86. The number of carboxylic acid groups (broad SMARTS) is 1. The summed E-state index contributed by atoms with van der Waals surface area (Å²) in [4.78, 5) is 22.8. The maximum atomic E-state index is 13.6. The molecule has 0 saturated heterocycles. The van der Waals surface area contributed by atoms with Crippen molar-refractivity contribution in [1.82, 2.24) is 5.32 Å². The molecule has 0 bridgehead atoms. The monoisotopic (exact) mass is 267 g/mol. The van der Waals surface area contributed by atoms with E-state index in [2.05, 4.69) is 5.32 Å². The molecule has 1 aromatic carbocycles. The molecule has 0 heterocycles. The number of aliphatic carboxylic acids is 1. The molecule has 19 heavy (non-hydrogen) atoms. The van der Waals surface area contributed by atoms with Crippen molar-refractivity contribution < 1.29 is 19.1 Å². The van der Waals surface area contributed by atoms with Crippen LogP contribution < -0.4 is 5.32 Å². The molecule has 1 aromatic rings. The van der Waals surface area contributed by atoms with Gasteiger partial charge in [0.15, 0.2) is 0 Å². The van der Waals surface area contributed by atoms with Gasteiger partial charge in [0.05, 0.1) is 5.56 Å². The van der Waals surface area contributed by atoms with E-state index in [0.29, 0.717) is 18.4 Å². The molecule has 0 radical (unpaired) electrons. The first-order valence-corrected chi connectivity index (χ1v) is 6.25. The van der Waals surface area contributed by atoms with Crippen molar-refractivity contribution in [2.45, 2.75) is 39.2 Å². The Bertz CT molecular complexity index is 474. The molecule has 2 N–H and O–H groups in total. The van der Waals surface area contributed by atoms with Gasteiger partial charge < -0.3 is 10.4 Å². The summed E-state index contributed by atoms with van der Waals surface area (Å²) >= 11 is 0. The van der Waals surface area contributed by atoms with Crippen LogP contribution in [0, 0.1) is 12.7 Å². The van der Waals surface area contributed by atoms with Gasteiger partial charge in [-0.05, 0) is 31.0 Å². The number of unbranched alkanes of at least 4 members (excludes halogenated alkanes) is 1. The van der Waals surface area contributed by atoms with Gasteiger partial charge in [-0.2, -0.15) is 0 Å². The van der Waals surface area contributed by atoms with E-state index in [-0.39, 0.29) is 5.56 Å². The van der Waals surface area contributed by atoms with Gasteiger partial charge in [-0.1, -0.05) is 25.8 Å². The molecule has 0 aromatic heterocycles. The first kappa shape index (κ1) is 15.1. The number of amides is 1. The minimum absolute atomic E-state index is 0.131. The lowest BCUT2D eigenvalue weighted by molar-refractivity contribution is -0.139. The van der Waals surface area contributed by atoms with Crippen LogP contribution in [0.3, 0.4) is 0 Å². The fraction of sp³-hybridized carbons (Fsp3) is 0.429. The number of carboxylic acids is 1. The van der Waals surface area contributed by atoms with Gasteiger partial charge in [0.25, 0.3) is 5.91 Å². The molecule has 1 atom stereocenters. The zero-order valence-electron chi connectivity index (χ0n) is 11.1. The molecular weight excluding hydrogens is 249 g/mol. The fourth-order valence-electron chi connectivity index (χ4n) is 1.71. The van der Waals surface area contributed by atoms with E-state index < -0.39 is 23.7 Å². The van der Waals surface area contributed by atoms with Crippen LogP contribution >= 0.6 is 0 Å². The van der Waals surface area contributed by atoms with Crippen molar-refractivity contribution >= 4 is 11.9 Å². The van der Waals surface area contributed by atoms with Gasteiger partial charge in [0, 0.05) is 0 Å². The van der Waals surface area contributed by atoms with E-state index in [1.165, 1.54) is 12.1 Å². The van der Waals surface area contributed by atoms with E-state index >= 15 is 0 Å². The number of carbonyl (C=O) groups is 2. The van der Waals surface area contributed by atoms with E-state index in [0.717, 1.165) is 6.42 Å². The predicted molar refractivity (Wildman–Crippen MR) is 69.6 cm³/mol. The number of benzene rings is 1. The van der Waals surface area contributed by atoms with Crippen molar-refractivity contribution in [3.63, 3.8) is 0 Å². The molecule has 0 saturated carbocycles. The van der Waals surface area contributed by atoms with Gasteiger partial charge in [-0.15, -0.1) is 0 Å². The summed E-state index contributed by atoms with van der Waals surface area (Å²) in [6, 6.07) is 3.24. The first-order chi connectivity index (χ1) is 8.95. The Kier molecular flexibility index (Phi) is 5.48. The highest BCUT2D eigenvalue weighted by atomic mass is 19.1. The zero-order chi connectivity index (χ0) is 14.4. The quantitative estimate of drug-likeness (QED) is 0.832. The number of aryl methyl sites for hydroxylation is 1. The maximum Gasteiger partial charge on any atom is 0.326 e. The third-order valence-corrected chi connectivity index (χ3v) is 2.82. The number of carbonyl (C=O) groups excluding carboxylic acids is 1. The van der Waals surface area contributed by atoms with Crippen molar-refractivity contribution in [2.75, 3.05) is 0 Å². The molecule has 1 rings (SSSR count). The van der Waals surface area contributed by atoms with E-state index in [4.69, 9.17) is 5.11 Å². The van der Waals surface area contributed by atoms with Crippen molar-refractivity contribution in [2.24, 2.45) is 0 Å². The van der Waals surface area contributed by atoms with Crippen LogP contribution in [0.1, 0.15) is 42.1 Å². The fourth-order valence-corrected chi connectivity index (χ4v) is 1.71. The van der Waals surface area contributed by atoms with E-state index in [9.17, 15) is 14.0 Å². The minimum atomic E-state index is -1.10. The maximum absolute atomic E-state index is 13.6. The van der Waals surface area contributed by atoms with Crippen LogP contribution in [0.2, 0.25) is 0 Å². The molecule has 4 nitrogen and oxygen atoms in total. The third kappa shape index (κ3) is 4.35. The molecule has 0 aliphatic heterocycles. The second-order valence-corrected chi connectivity index (χ2v) is 4.49. The van der Waals surface area contributed by atoms with E-state index in [1.807, 2.05) is 6.92 Å². The van der Waals surface area contributed by atoms with Crippen molar-refractivity contribution in [3.8, 4) is 0 Å². The lowest BCUT2D eigenvalue weighted by atomic mass is 10.1. The van der Waals surface area contributed by atoms with Crippen LogP contribution in [0.5, 0.6) is 0 Å². The Morgan fingerprint density at radius 1 is 1.42 bits per heavy atom. The summed E-state index contributed by atoms with van der Waals surface area (Å²) in [7, 11) is 0. The van der Waals surface area contributed by atoms with Crippen LogP contribution in [0.15, 0.2) is 18.2 Å². The summed E-state index contributed by atoms with van der Waals surface area (Å²) < 4.78 is 13.6. The van der Waals surface area contributed by atoms with Gasteiger partial charge in [-0.25, -0.2) is 9.18 Å². The molecule has 104 valence electrons. The minimum Gasteiger partial charge on any atom is -0.480 e. The largest absolute Gasteiger partial charge is 0.480 e. The Balaban J connectivity index is 2.78. The molecule has 0 aliphatic rings. The van der Waals surface area contributed by atoms with Gasteiger partial charge in [0.2, 0.25) is 0 Å². The summed E-state index contributed by atoms with van der Waals surface area (Å²) in [5.74, 6) is -2.44. The molecule has 0 aliphatic carbocycles. The normalized spacial score (nSPS) is 11.9. The Labute approximate surface area is 111 Å². The Morgan fingerprint density at radius 3 is 2.63 bits per heavy atom. The molecular formula is C14H18FNO3. The van der Waals surface area contributed by atoms with Gasteiger partial charge >= 0.3 is 5.97 Å². The molecule has 1 amide bonds. The van der Waals surface area contributed by atoms with Crippen LogP contribution in [-0.4, -0.2) is 23.0 Å². The van der Waals surface area contributed by atoms with Crippen molar-refractivity contribution in [1.29, 1.82) is 0 Å². The average Bonchev–Trinajstić information content (AvgIpc) is 2.33. The Hall–Kier alpha value is -1.91. The third-order valence-electron chi connectivity index (χ3n) is 2.82. The highest BCUT2D eigenvalue weighted by Crippen LogP contribution is 2.11. The predicted octanol–water partition coefficient (Wildman–Crippen LogP) is 2.51. The van der Waals surface area contributed by atoms with E-state index in [1.54, 1.807) is 13.0 Å². The lowest BCUT2D eigenvalue weighted by Crippen LogP contribution is -2.41. The van der Waals surface area contributed by atoms with Crippen LogP contribution in [-0.2, 0) is 4.79 Å². The average molecular weight is 267 g/mol. The molecule has 1 unspecified atom stereocenters. The topological polar surface area (TPSA) is 66.4 Å². The standard InChI is InChI=1S/C14H18FNO3/c1-3-4-5-12(14(18)19)16-13(17)10-7-6-9(2)8-11(10)15/h6-8,12H,3-5H2,1-2H3,(H,16,17)(H,18,19).